The number of rotatable bonds is 1. The Morgan fingerprint density at radius 1 is 1.09 bits per heavy atom. The fourth-order valence-electron chi connectivity index (χ4n) is 5.32. The largest absolute Gasteiger partial charge is 0.385 e. The second-order valence-corrected chi connectivity index (χ2v) is 7.82. The molecule has 1 aliphatic carbocycles. The number of anilines is 2. The summed E-state index contributed by atoms with van der Waals surface area (Å²) in [6, 6.07) is 5.15. The van der Waals surface area contributed by atoms with E-state index in [4.69, 9.17) is 0 Å². The van der Waals surface area contributed by atoms with Crippen molar-refractivity contribution in [3.8, 4) is 0 Å². The average Bonchev–Trinajstić information content (AvgIpc) is 3.15. The standard InChI is InChI=1S/C19H27N3O/c23-19(7-1-2-8-19)16-6-5-14-12-20-9-11-21-13-15-4-3-10-22(15)18(16)17(14)21/h5-6,15,20,23H,1-4,7-13H2. The number of nitrogens with zero attached hydrogens (tertiary/aromatic N) is 2. The summed E-state index contributed by atoms with van der Waals surface area (Å²) < 4.78 is 0. The molecule has 0 radical (unpaired) electrons. The third-order valence-corrected chi connectivity index (χ3v) is 6.45. The molecule has 4 nitrogen and oxygen atoms in total. The van der Waals surface area contributed by atoms with Gasteiger partial charge in [0, 0.05) is 44.3 Å². The van der Waals surface area contributed by atoms with Gasteiger partial charge in [0.05, 0.1) is 17.0 Å². The van der Waals surface area contributed by atoms with Crippen LogP contribution in [0.2, 0.25) is 0 Å². The van der Waals surface area contributed by atoms with E-state index in [1.165, 1.54) is 35.3 Å². The van der Waals surface area contributed by atoms with Gasteiger partial charge in [-0.2, -0.15) is 0 Å². The number of hydrogen-bond donors (Lipinski definition) is 2. The van der Waals surface area contributed by atoms with Gasteiger partial charge in [-0.25, -0.2) is 0 Å². The van der Waals surface area contributed by atoms with Crippen molar-refractivity contribution in [3.05, 3.63) is 23.3 Å². The van der Waals surface area contributed by atoms with Crippen LogP contribution in [0.4, 0.5) is 11.4 Å². The molecule has 1 saturated heterocycles. The van der Waals surface area contributed by atoms with E-state index >= 15 is 0 Å². The first-order chi connectivity index (χ1) is 11.3. The van der Waals surface area contributed by atoms with E-state index in [0.29, 0.717) is 6.04 Å². The lowest BCUT2D eigenvalue weighted by atomic mass is 9.87. The first-order valence-electron chi connectivity index (χ1n) is 9.37. The highest BCUT2D eigenvalue weighted by Crippen LogP contribution is 2.50. The minimum atomic E-state index is -0.597. The second kappa shape index (κ2) is 5.12. The van der Waals surface area contributed by atoms with E-state index < -0.39 is 5.60 Å². The zero-order valence-electron chi connectivity index (χ0n) is 13.9. The van der Waals surface area contributed by atoms with E-state index in [1.807, 2.05) is 0 Å². The van der Waals surface area contributed by atoms with Gasteiger partial charge in [0.1, 0.15) is 0 Å². The van der Waals surface area contributed by atoms with Gasteiger partial charge in [-0.1, -0.05) is 25.0 Å². The SMILES string of the molecule is OC1(c2ccc3c4c2N2CCCC2CN4CCNC3)CCCC1. The van der Waals surface area contributed by atoms with Crippen LogP contribution in [-0.4, -0.2) is 37.3 Å². The lowest BCUT2D eigenvalue weighted by Crippen LogP contribution is -2.48. The maximum Gasteiger partial charge on any atom is 0.0917 e. The van der Waals surface area contributed by atoms with Gasteiger partial charge in [0.2, 0.25) is 0 Å². The highest BCUT2D eigenvalue weighted by atomic mass is 16.3. The summed E-state index contributed by atoms with van der Waals surface area (Å²) in [7, 11) is 0. The fourth-order valence-corrected chi connectivity index (χ4v) is 5.32. The zero-order chi connectivity index (χ0) is 15.4. The maximum atomic E-state index is 11.3. The molecular formula is C19H27N3O. The Balaban J connectivity index is 1.73. The topological polar surface area (TPSA) is 38.7 Å². The van der Waals surface area contributed by atoms with Crippen LogP contribution in [0.25, 0.3) is 0 Å². The Morgan fingerprint density at radius 3 is 2.83 bits per heavy atom. The summed E-state index contributed by atoms with van der Waals surface area (Å²) in [5, 5.41) is 14.9. The molecule has 0 amide bonds. The van der Waals surface area contributed by atoms with Gasteiger partial charge in [-0.3, -0.25) is 0 Å². The Hall–Kier alpha value is -1.26. The Bertz CT molecular complexity index is 623. The summed E-state index contributed by atoms with van der Waals surface area (Å²) in [4.78, 5) is 5.23. The van der Waals surface area contributed by atoms with E-state index in [1.54, 1.807) is 0 Å². The maximum absolute atomic E-state index is 11.3. The molecule has 3 aliphatic heterocycles. The normalized spacial score (nSPS) is 28.5. The second-order valence-electron chi connectivity index (χ2n) is 7.82. The molecule has 1 unspecified atom stereocenters. The molecule has 23 heavy (non-hydrogen) atoms. The van der Waals surface area contributed by atoms with E-state index in [2.05, 4.69) is 27.2 Å². The molecule has 1 atom stereocenters. The number of hydrogen-bond acceptors (Lipinski definition) is 4. The number of benzene rings is 1. The number of fused-ring (bicyclic) bond motifs is 2. The third kappa shape index (κ3) is 2.04. The quantitative estimate of drug-likeness (QED) is 0.835. The van der Waals surface area contributed by atoms with Crippen molar-refractivity contribution in [3.63, 3.8) is 0 Å². The predicted octanol–water partition coefficient (Wildman–Crippen LogP) is 2.34. The lowest BCUT2D eigenvalue weighted by Gasteiger charge is -2.44. The molecule has 2 fully saturated rings. The Kier molecular flexibility index (Phi) is 3.14. The zero-order valence-corrected chi connectivity index (χ0v) is 13.9. The average molecular weight is 313 g/mol. The van der Waals surface area contributed by atoms with E-state index in [-0.39, 0.29) is 0 Å². The van der Waals surface area contributed by atoms with Crippen LogP contribution in [0, 0.1) is 0 Å². The van der Waals surface area contributed by atoms with Crippen molar-refractivity contribution in [1.82, 2.24) is 5.32 Å². The Morgan fingerprint density at radius 2 is 1.96 bits per heavy atom. The first kappa shape index (κ1) is 14.1. The van der Waals surface area contributed by atoms with E-state index in [9.17, 15) is 5.11 Å². The molecular weight excluding hydrogens is 286 g/mol. The van der Waals surface area contributed by atoms with Gasteiger partial charge in [-0.15, -0.1) is 0 Å². The smallest absolute Gasteiger partial charge is 0.0917 e. The van der Waals surface area contributed by atoms with E-state index in [0.717, 1.165) is 58.4 Å². The van der Waals surface area contributed by atoms with Crippen LogP contribution in [0.1, 0.15) is 49.7 Å². The molecule has 124 valence electrons. The molecule has 4 aliphatic rings. The summed E-state index contributed by atoms with van der Waals surface area (Å²) in [6.45, 7) is 5.41. The van der Waals surface area contributed by atoms with Crippen molar-refractivity contribution >= 4 is 11.4 Å². The van der Waals surface area contributed by atoms with Crippen LogP contribution >= 0.6 is 0 Å². The van der Waals surface area contributed by atoms with Crippen LogP contribution in [0.15, 0.2) is 12.1 Å². The summed E-state index contributed by atoms with van der Waals surface area (Å²) in [5.41, 5.74) is 4.83. The first-order valence-corrected chi connectivity index (χ1v) is 9.37. The summed E-state index contributed by atoms with van der Waals surface area (Å²) in [6.07, 6.45) is 6.75. The molecule has 4 heteroatoms. The van der Waals surface area contributed by atoms with Gasteiger partial charge in [0.25, 0.3) is 0 Å². The monoisotopic (exact) mass is 313 g/mol. The molecule has 1 saturated carbocycles. The Labute approximate surface area is 138 Å². The molecule has 3 heterocycles. The molecule has 0 bridgehead atoms. The van der Waals surface area contributed by atoms with Gasteiger partial charge < -0.3 is 20.2 Å². The van der Waals surface area contributed by atoms with Crippen molar-refractivity contribution in [2.45, 2.75) is 56.7 Å². The van der Waals surface area contributed by atoms with Crippen molar-refractivity contribution in [2.75, 3.05) is 36.0 Å². The minimum Gasteiger partial charge on any atom is -0.385 e. The fraction of sp³-hybridized carbons (Fsp3) is 0.684. The van der Waals surface area contributed by atoms with Gasteiger partial charge in [-0.05, 0) is 31.2 Å². The molecule has 2 N–H and O–H groups in total. The minimum absolute atomic E-state index is 0.597. The van der Waals surface area contributed by atoms with Crippen LogP contribution in [-0.2, 0) is 12.1 Å². The molecule has 1 aromatic rings. The molecule has 5 rings (SSSR count). The molecule has 1 aromatic carbocycles. The van der Waals surface area contributed by atoms with Crippen molar-refractivity contribution in [2.24, 2.45) is 0 Å². The highest BCUT2D eigenvalue weighted by molar-refractivity contribution is 5.82. The van der Waals surface area contributed by atoms with Crippen molar-refractivity contribution < 1.29 is 5.11 Å². The predicted molar refractivity (Wildman–Crippen MR) is 93.1 cm³/mol. The van der Waals surface area contributed by atoms with Crippen molar-refractivity contribution in [1.29, 1.82) is 0 Å². The molecule has 0 spiro atoms. The lowest BCUT2D eigenvalue weighted by molar-refractivity contribution is 0.0448. The highest BCUT2D eigenvalue weighted by Gasteiger charge is 2.43. The van der Waals surface area contributed by atoms with Crippen LogP contribution in [0.3, 0.4) is 0 Å². The van der Waals surface area contributed by atoms with Crippen LogP contribution in [0.5, 0.6) is 0 Å². The van der Waals surface area contributed by atoms with Gasteiger partial charge in [0.15, 0.2) is 0 Å². The number of nitrogens with one attached hydrogen (secondary N) is 1. The molecule has 0 aromatic heterocycles. The van der Waals surface area contributed by atoms with Gasteiger partial charge >= 0.3 is 0 Å². The summed E-state index contributed by atoms with van der Waals surface area (Å²) in [5.74, 6) is 0. The number of aliphatic hydroxyl groups is 1. The third-order valence-electron chi connectivity index (χ3n) is 6.45. The van der Waals surface area contributed by atoms with Crippen LogP contribution < -0.4 is 15.1 Å². The summed E-state index contributed by atoms with van der Waals surface area (Å²) >= 11 is 0.